The third kappa shape index (κ3) is 3.73. The van der Waals surface area contributed by atoms with Crippen LogP contribution in [0, 0.1) is 5.82 Å². The molecule has 2 aromatic rings. The van der Waals surface area contributed by atoms with Crippen LogP contribution in [0.5, 0.6) is 0 Å². The maximum Gasteiger partial charge on any atom is 0.129 e. The van der Waals surface area contributed by atoms with Gasteiger partial charge in [0.2, 0.25) is 0 Å². The summed E-state index contributed by atoms with van der Waals surface area (Å²) in [5.41, 5.74) is 8.26. The number of benzene rings is 2. The zero-order valence-corrected chi connectivity index (χ0v) is 13.0. The number of halogens is 2. The third-order valence-corrected chi connectivity index (χ3v) is 3.60. The zero-order valence-electron chi connectivity index (χ0n) is 11.4. The molecule has 4 heteroatoms. The molecule has 20 heavy (non-hydrogen) atoms. The van der Waals surface area contributed by atoms with Gasteiger partial charge < -0.3 is 10.6 Å². The van der Waals surface area contributed by atoms with E-state index in [2.05, 4.69) is 27.8 Å². The monoisotopic (exact) mass is 336 g/mol. The Morgan fingerprint density at radius 1 is 1.20 bits per heavy atom. The summed E-state index contributed by atoms with van der Waals surface area (Å²) < 4.78 is 14.7. The molecule has 0 saturated carbocycles. The molecule has 0 unspecified atom stereocenters. The van der Waals surface area contributed by atoms with Gasteiger partial charge in [-0.2, -0.15) is 0 Å². The Hall–Kier alpha value is -1.55. The first-order chi connectivity index (χ1) is 9.60. The van der Waals surface area contributed by atoms with E-state index in [1.807, 2.05) is 36.4 Å². The van der Waals surface area contributed by atoms with Gasteiger partial charge in [0.25, 0.3) is 0 Å². The van der Waals surface area contributed by atoms with E-state index in [1.165, 1.54) is 6.07 Å². The van der Waals surface area contributed by atoms with Crippen LogP contribution in [0.1, 0.15) is 18.9 Å². The Bertz CT molecular complexity index is 586. The molecule has 0 heterocycles. The van der Waals surface area contributed by atoms with E-state index in [-0.39, 0.29) is 5.82 Å². The van der Waals surface area contributed by atoms with Crippen molar-refractivity contribution in [3.8, 4) is 0 Å². The molecule has 0 amide bonds. The van der Waals surface area contributed by atoms with E-state index in [4.69, 9.17) is 5.73 Å². The van der Waals surface area contributed by atoms with Crippen molar-refractivity contribution in [1.29, 1.82) is 0 Å². The third-order valence-electron chi connectivity index (χ3n) is 3.11. The average Bonchev–Trinajstić information content (AvgIpc) is 2.41. The van der Waals surface area contributed by atoms with E-state index in [0.29, 0.717) is 12.1 Å². The molecule has 0 spiro atoms. The molecule has 2 nitrogen and oxygen atoms in total. The average molecular weight is 337 g/mol. The molecule has 0 aromatic heterocycles. The van der Waals surface area contributed by atoms with Crippen LogP contribution in [0.15, 0.2) is 46.9 Å². The topological polar surface area (TPSA) is 29.3 Å². The summed E-state index contributed by atoms with van der Waals surface area (Å²) in [5, 5.41) is 0. The van der Waals surface area contributed by atoms with Crippen molar-refractivity contribution in [2.45, 2.75) is 19.9 Å². The van der Waals surface area contributed by atoms with Crippen LogP contribution in [-0.2, 0) is 6.54 Å². The molecule has 2 rings (SSSR count). The van der Waals surface area contributed by atoms with Crippen molar-refractivity contribution in [3.63, 3.8) is 0 Å². The maximum absolute atomic E-state index is 14.0. The summed E-state index contributed by atoms with van der Waals surface area (Å²) in [6, 6.07) is 12.9. The fourth-order valence-electron chi connectivity index (χ4n) is 2.15. The van der Waals surface area contributed by atoms with Gasteiger partial charge in [-0.25, -0.2) is 4.39 Å². The van der Waals surface area contributed by atoms with Crippen LogP contribution in [0.4, 0.5) is 15.8 Å². The number of hydrogen-bond acceptors (Lipinski definition) is 2. The summed E-state index contributed by atoms with van der Waals surface area (Å²) in [5.74, 6) is -0.190. The summed E-state index contributed by atoms with van der Waals surface area (Å²) in [7, 11) is 0. The predicted molar refractivity (Wildman–Crippen MR) is 86.3 cm³/mol. The first-order valence-electron chi connectivity index (χ1n) is 6.64. The Labute approximate surface area is 127 Å². The van der Waals surface area contributed by atoms with Crippen LogP contribution >= 0.6 is 15.9 Å². The number of anilines is 2. The Kier molecular flexibility index (Phi) is 5.01. The smallest absolute Gasteiger partial charge is 0.129 e. The second kappa shape index (κ2) is 6.75. The van der Waals surface area contributed by atoms with E-state index in [0.717, 1.165) is 28.8 Å². The number of rotatable bonds is 5. The molecule has 0 aliphatic heterocycles. The summed E-state index contributed by atoms with van der Waals surface area (Å²) in [6.07, 6.45) is 0.993. The number of hydrogen-bond donors (Lipinski definition) is 1. The zero-order chi connectivity index (χ0) is 14.5. The van der Waals surface area contributed by atoms with Crippen LogP contribution in [0.25, 0.3) is 0 Å². The Balaban J connectivity index is 2.25. The molecule has 0 radical (unpaired) electrons. The molecular weight excluding hydrogens is 319 g/mol. The Morgan fingerprint density at radius 3 is 2.65 bits per heavy atom. The molecule has 0 bridgehead atoms. The molecule has 2 N–H and O–H groups in total. The largest absolute Gasteiger partial charge is 0.399 e. The van der Waals surface area contributed by atoms with E-state index in [9.17, 15) is 4.39 Å². The van der Waals surface area contributed by atoms with Gasteiger partial charge in [0.05, 0.1) is 0 Å². The summed E-state index contributed by atoms with van der Waals surface area (Å²) in [4.78, 5) is 2.14. The van der Waals surface area contributed by atoms with Gasteiger partial charge in [0, 0.05) is 34.5 Å². The molecule has 0 aliphatic carbocycles. The molecule has 0 fully saturated rings. The first kappa shape index (κ1) is 14.9. The highest BCUT2D eigenvalue weighted by Gasteiger charge is 2.10. The van der Waals surface area contributed by atoms with E-state index < -0.39 is 0 Å². The van der Waals surface area contributed by atoms with Crippen molar-refractivity contribution < 1.29 is 4.39 Å². The highest BCUT2D eigenvalue weighted by molar-refractivity contribution is 9.10. The molecule has 0 atom stereocenters. The van der Waals surface area contributed by atoms with Crippen molar-refractivity contribution >= 4 is 27.3 Å². The van der Waals surface area contributed by atoms with Gasteiger partial charge in [-0.15, -0.1) is 0 Å². The highest BCUT2D eigenvalue weighted by Crippen LogP contribution is 2.22. The minimum absolute atomic E-state index is 0.190. The molecule has 0 aliphatic rings. The normalized spacial score (nSPS) is 10.6. The molecule has 106 valence electrons. The second-order valence-electron chi connectivity index (χ2n) is 4.75. The van der Waals surface area contributed by atoms with Crippen molar-refractivity contribution in [1.82, 2.24) is 0 Å². The molecule has 0 saturated heterocycles. The van der Waals surface area contributed by atoms with E-state index in [1.54, 1.807) is 0 Å². The second-order valence-corrected chi connectivity index (χ2v) is 5.67. The van der Waals surface area contributed by atoms with Crippen LogP contribution in [-0.4, -0.2) is 6.54 Å². The molecular formula is C16H18BrFN2. The first-order valence-corrected chi connectivity index (χ1v) is 7.44. The summed E-state index contributed by atoms with van der Waals surface area (Å²) in [6.45, 7) is 3.51. The SMILES string of the molecule is CCCN(Cc1ccc(Br)cc1F)c1cccc(N)c1. The maximum atomic E-state index is 14.0. The fraction of sp³-hybridized carbons (Fsp3) is 0.250. The highest BCUT2D eigenvalue weighted by atomic mass is 79.9. The number of nitrogens with two attached hydrogens (primary N) is 1. The lowest BCUT2D eigenvalue weighted by Gasteiger charge is -2.25. The minimum Gasteiger partial charge on any atom is -0.399 e. The van der Waals surface area contributed by atoms with Crippen molar-refractivity contribution in [2.75, 3.05) is 17.2 Å². The quantitative estimate of drug-likeness (QED) is 0.809. The lowest BCUT2D eigenvalue weighted by Crippen LogP contribution is -2.24. The van der Waals surface area contributed by atoms with Crippen molar-refractivity contribution in [3.05, 3.63) is 58.3 Å². The number of nitrogens with zero attached hydrogens (tertiary/aromatic N) is 1. The summed E-state index contributed by atoms with van der Waals surface area (Å²) >= 11 is 3.28. The predicted octanol–water partition coefficient (Wildman–Crippen LogP) is 4.59. The van der Waals surface area contributed by atoms with Crippen LogP contribution in [0.3, 0.4) is 0 Å². The van der Waals surface area contributed by atoms with E-state index >= 15 is 0 Å². The van der Waals surface area contributed by atoms with Gasteiger partial charge in [-0.05, 0) is 36.8 Å². The lowest BCUT2D eigenvalue weighted by atomic mass is 10.1. The minimum atomic E-state index is -0.190. The van der Waals surface area contributed by atoms with Crippen LogP contribution < -0.4 is 10.6 Å². The fourth-order valence-corrected chi connectivity index (χ4v) is 2.48. The van der Waals surface area contributed by atoms with Crippen LogP contribution in [0.2, 0.25) is 0 Å². The number of nitrogen functional groups attached to an aromatic ring is 1. The molecule has 2 aromatic carbocycles. The van der Waals surface area contributed by atoms with Gasteiger partial charge in [0.15, 0.2) is 0 Å². The standard InChI is InChI=1S/C16H18BrFN2/c1-2-8-20(15-5-3-4-14(19)10-15)11-12-6-7-13(17)9-16(12)18/h3-7,9-10H,2,8,11,19H2,1H3. The lowest BCUT2D eigenvalue weighted by molar-refractivity contribution is 0.602. The van der Waals surface area contributed by atoms with Gasteiger partial charge in [0.1, 0.15) is 5.82 Å². The van der Waals surface area contributed by atoms with Crippen molar-refractivity contribution in [2.24, 2.45) is 0 Å². The van der Waals surface area contributed by atoms with Gasteiger partial charge in [-0.1, -0.05) is 35.0 Å². The van der Waals surface area contributed by atoms with Gasteiger partial charge in [-0.3, -0.25) is 0 Å². The Morgan fingerprint density at radius 2 is 2.00 bits per heavy atom. The van der Waals surface area contributed by atoms with Gasteiger partial charge >= 0.3 is 0 Å².